The maximum Gasteiger partial charge on any atom is 0.0822 e. The molecule has 0 saturated carbocycles. The summed E-state index contributed by atoms with van der Waals surface area (Å²) in [6.07, 6.45) is 0. The Morgan fingerprint density at radius 3 is 2.15 bits per heavy atom. The van der Waals surface area contributed by atoms with Gasteiger partial charge >= 0.3 is 0 Å². The zero-order chi connectivity index (χ0) is 24.3. The molecule has 0 atom stereocenters. The van der Waals surface area contributed by atoms with Gasteiger partial charge in [0.25, 0.3) is 0 Å². The highest BCUT2D eigenvalue weighted by molar-refractivity contribution is 6.08. The topological polar surface area (TPSA) is 37.3 Å². The molecule has 0 radical (unpaired) electrons. The van der Waals surface area contributed by atoms with E-state index in [1.54, 1.807) is 0 Å². The van der Waals surface area contributed by atoms with E-state index in [1.807, 2.05) is 6.07 Å². The molecule has 0 amide bonds. The van der Waals surface area contributed by atoms with E-state index < -0.39 is 0 Å². The Morgan fingerprint density at radius 1 is 0.794 bits per heavy atom. The minimum absolute atomic E-state index is 0.0408. The number of hydrogen-bond acceptors (Lipinski definition) is 3. The van der Waals surface area contributed by atoms with Crippen LogP contribution in [0.15, 0.2) is 89.9 Å². The highest BCUT2D eigenvalue weighted by atomic mass is 15.0. The van der Waals surface area contributed by atoms with Gasteiger partial charge in [-0.2, -0.15) is 0 Å². The molecule has 3 aromatic carbocycles. The molecule has 34 heavy (non-hydrogen) atoms. The van der Waals surface area contributed by atoms with Gasteiger partial charge in [0, 0.05) is 38.9 Å². The van der Waals surface area contributed by atoms with Crippen molar-refractivity contribution in [2.75, 3.05) is 5.32 Å². The summed E-state index contributed by atoms with van der Waals surface area (Å²) in [5.74, 6) is 0. The van der Waals surface area contributed by atoms with Crippen LogP contribution in [0.5, 0.6) is 0 Å². The maximum atomic E-state index is 5.23. The van der Waals surface area contributed by atoms with Crippen LogP contribution < -0.4 is 5.32 Å². The van der Waals surface area contributed by atoms with Crippen molar-refractivity contribution in [1.82, 2.24) is 4.98 Å². The van der Waals surface area contributed by atoms with Crippen molar-refractivity contribution in [2.24, 2.45) is 10.4 Å². The second-order valence-corrected chi connectivity index (χ2v) is 10.9. The minimum atomic E-state index is -0.123. The normalized spacial score (nSPS) is 12.7. The third kappa shape index (κ3) is 5.53. The summed E-state index contributed by atoms with van der Waals surface area (Å²) < 4.78 is 0. The summed E-state index contributed by atoms with van der Waals surface area (Å²) in [5.41, 5.74) is 6.28. The van der Waals surface area contributed by atoms with Gasteiger partial charge in [0.05, 0.1) is 17.9 Å². The lowest BCUT2D eigenvalue weighted by Gasteiger charge is -2.28. The molecule has 0 fully saturated rings. The third-order valence-electron chi connectivity index (χ3n) is 5.68. The molecule has 1 aromatic heterocycles. The van der Waals surface area contributed by atoms with Gasteiger partial charge in [0.1, 0.15) is 0 Å². The largest absolute Gasteiger partial charge is 0.380 e. The number of nitrogens with zero attached hydrogens (tertiary/aromatic N) is 2. The number of aliphatic imine (C=N–C) groups is 1. The van der Waals surface area contributed by atoms with Crippen molar-refractivity contribution < 1.29 is 0 Å². The molecule has 4 rings (SSSR count). The number of pyridine rings is 1. The molecule has 0 bridgehead atoms. The number of fused-ring (bicyclic) bond motifs is 1. The Labute approximate surface area is 204 Å². The molecule has 0 aliphatic carbocycles. The number of nitrogens with one attached hydrogen (secondary N) is 1. The van der Waals surface area contributed by atoms with Crippen LogP contribution in [0.4, 0.5) is 5.69 Å². The van der Waals surface area contributed by atoms with Gasteiger partial charge in [0.15, 0.2) is 0 Å². The molecule has 1 N–H and O–H groups in total. The average molecular weight is 450 g/mol. The fourth-order valence-corrected chi connectivity index (χ4v) is 4.23. The second kappa shape index (κ2) is 9.42. The smallest absolute Gasteiger partial charge is 0.0822 e. The van der Waals surface area contributed by atoms with Crippen molar-refractivity contribution in [3.63, 3.8) is 0 Å². The number of anilines is 1. The lowest BCUT2D eigenvalue weighted by molar-refractivity contribution is 0.587. The molecule has 0 unspecified atom stereocenters. The molecule has 174 valence electrons. The van der Waals surface area contributed by atoms with E-state index in [2.05, 4.69) is 126 Å². The van der Waals surface area contributed by atoms with E-state index in [0.29, 0.717) is 6.54 Å². The summed E-state index contributed by atoms with van der Waals surface area (Å²) in [6.45, 7) is 13.8. The van der Waals surface area contributed by atoms with Gasteiger partial charge in [0.2, 0.25) is 0 Å². The molecule has 0 aliphatic rings. The SMILES string of the molecule is CC(C)(C)Nc1ccccc1C(=NCc1nc(-c2ccccc2)cc2ccccc12)C(C)(C)C. The Morgan fingerprint density at radius 2 is 1.44 bits per heavy atom. The zero-order valence-corrected chi connectivity index (χ0v) is 21.2. The van der Waals surface area contributed by atoms with Crippen LogP contribution in [0.1, 0.15) is 52.8 Å². The van der Waals surface area contributed by atoms with Crippen LogP contribution in [0.25, 0.3) is 22.0 Å². The summed E-state index contributed by atoms with van der Waals surface area (Å²) in [5, 5.41) is 6.01. The zero-order valence-electron chi connectivity index (χ0n) is 21.2. The van der Waals surface area contributed by atoms with Crippen LogP contribution in [-0.2, 0) is 6.54 Å². The monoisotopic (exact) mass is 449 g/mol. The van der Waals surface area contributed by atoms with Gasteiger partial charge in [-0.1, -0.05) is 93.6 Å². The summed E-state index contributed by atoms with van der Waals surface area (Å²) >= 11 is 0. The molecule has 3 nitrogen and oxygen atoms in total. The van der Waals surface area contributed by atoms with Crippen LogP contribution in [0.2, 0.25) is 0 Å². The van der Waals surface area contributed by atoms with Gasteiger partial charge < -0.3 is 5.32 Å². The predicted molar refractivity (Wildman–Crippen MR) is 147 cm³/mol. The fraction of sp³-hybridized carbons (Fsp3) is 0.290. The molecule has 0 spiro atoms. The van der Waals surface area contributed by atoms with Crippen LogP contribution in [0.3, 0.4) is 0 Å². The molecular formula is C31H35N3. The quantitative estimate of drug-likeness (QED) is 0.312. The number of para-hydroxylation sites is 1. The van der Waals surface area contributed by atoms with E-state index >= 15 is 0 Å². The Kier molecular flexibility index (Phi) is 6.56. The molecule has 0 saturated heterocycles. The van der Waals surface area contributed by atoms with Gasteiger partial charge in [-0.05, 0) is 38.3 Å². The first-order valence-corrected chi connectivity index (χ1v) is 12.0. The van der Waals surface area contributed by atoms with E-state index in [1.165, 1.54) is 5.39 Å². The Hall–Kier alpha value is -3.46. The van der Waals surface area contributed by atoms with Crippen molar-refractivity contribution >= 4 is 22.2 Å². The summed E-state index contributed by atoms with van der Waals surface area (Å²) in [6, 6.07) is 29.5. The lowest BCUT2D eigenvalue weighted by Crippen LogP contribution is -2.29. The highest BCUT2D eigenvalue weighted by Gasteiger charge is 2.24. The first kappa shape index (κ1) is 23.7. The fourth-order valence-electron chi connectivity index (χ4n) is 4.23. The van der Waals surface area contributed by atoms with E-state index in [-0.39, 0.29) is 11.0 Å². The average Bonchev–Trinajstić information content (AvgIpc) is 2.79. The van der Waals surface area contributed by atoms with E-state index in [9.17, 15) is 0 Å². The van der Waals surface area contributed by atoms with E-state index in [4.69, 9.17) is 9.98 Å². The summed E-state index contributed by atoms with van der Waals surface area (Å²) in [7, 11) is 0. The predicted octanol–water partition coefficient (Wildman–Crippen LogP) is 8.15. The van der Waals surface area contributed by atoms with Crippen molar-refractivity contribution in [3.05, 3.63) is 96.2 Å². The standard InChI is InChI=1S/C31H35N3/c1-30(2,3)29(25-18-12-13-19-26(25)34-31(4,5)6)32-21-28-24-17-11-10-16-23(24)20-27(33-28)22-14-8-7-9-15-22/h7-20,34H,21H2,1-6H3. The minimum Gasteiger partial charge on any atom is -0.380 e. The van der Waals surface area contributed by atoms with Gasteiger partial charge in [-0.15, -0.1) is 0 Å². The van der Waals surface area contributed by atoms with E-state index in [0.717, 1.165) is 39.3 Å². The third-order valence-corrected chi connectivity index (χ3v) is 5.68. The highest BCUT2D eigenvalue weighted by Crippen LogP contribution is 2.30. The molecule has 1 heterocycles. The number of hydrogen-bond donors (Lipinski definition) is 1. The first-order chi connectivity index (χ1) is 16.1. The van der Waals surface area contributed by atoms with Crippen molar-refractivity contribution in [2.45, 2.75) is 53.6 Å². The second-order valence-electron chi connectivity index (χ2n) is 10.9. The van der Waals surface area contributed by atoms with Crippen LogP contribution in [-0.4, -0.2) is 16.2 Å². The van der Waals surface area contributed by atoms with Crippen LogP contribution in [0, 0.1) is 5.41 Å². The maximum absolute atomic E-state index is 5.23. The molecule has 3 heteroatoms. The first-order valence-electron chi connectivity index (χ1n) is 12.0. The molecular weight excluding hydrogens is 414 g/mol. The number of aromatic nitrogens is 1. The summed E-state index contributed by atoms with van der Waals surface area (Å²) in [4.78, 5) is 10.3. The van der Waals surface area contributed by atoms with Gasteiger partial charge in [-0.25, -0.2) is 0 Å². The molecule has 0 aliphatic heterocycles. The number of benzene rings is 3. The van der Waals surface area contributed by atoms with Crippen LogP contribution >= 0.6 is 0 Å². The Bertz CT molecular complexity index is 1310. The van der Waals surface area contributed by atoms with Gasteiger partial charge in [-0.3, -0.25) is 9.98 Å². The Balaban J connectivity index is 1.82. The van der Waals surface area contributed by atoms with Crippen molar-refractivity contribution in [3.8, 4) is 11.3 Å². The molecule has 4 aromatic rings. The lowest BCUT2D eigenvalue weighted by atomic mass is 9.84. The number of rotatable bonds is 5. The van der Waals surface area contributed by atoms with Crippen molar-refractivity contribution in [1.29, 1.82) is 0 Å².